The van der Waals surface area contributed by atoms with Crippen LogP contribution in [0.3, 0.4) is 0 Å². The maximum Gasteiger partial charge on any atom is 0.325 e. The summed E-state index contributed by atoms with van der Waals surface area (Å²) in [5.41, 5.74) is 0.180. The number of aromatic nitrogens is 1. The Hall–Kier alpha value is -3.09. The van der Waals surface area contributed by atoms with Gasteiger partial charge < -0.3 is 19.9 Å². The fourth-order valence-corrected chi connectivity index (χ4v) is 1.77. The maximum absolute atomic E-state index is 11.9. The lowest BCUT2D eigenvalue weighted by Gasteiger charge is -2.12. The van der Waals surface area contributed by atoms with E-state index >= 15 is 0 Å². The van der Waals surface area contributed by atoms with Crippen LogP contribution in [0.25, 0.3) is 0 Å². The molecule has 7 heteroatoms. The first-order valence-corrected chi connectivity index (χ1v) is 6.79. The summed E-state index contributed by atoms with van der Waals surface area (Å²) < 4.78 is 10.0. The predicted molar refractivity (Wildman–Crippen MR) is 81.5 cm³/mol. The first-order chi connectivity index (χ1) is 11.0. The predicted octanol–water partition coefficient (Wildman–Crippen LogP) is 1.79. The first kappa shape index (κ1) is 16.3. The van der Waals surface area contributed by atoms with E-state index in [1.54, 1.807) is 19.1 Å². The lowest BCUT2D eigenvalue weighted by Crippen LogP contribution is -2.30. The molecule has 2 aromatic rings. The van der Waals surface area contributed by atoms with Crippen LogP contribution in [-0.4, -0.2) is 35.6 Å². The third-order valence-electron chi connectivity index (χ3n) is 3.07. The van der Waals surface area contributed by atoms with Gasteiger partial charge in [-0.3, -0.25) is 9.59 Å². The summed E-state index contributed by atoms with van der Waals surface area (Å²) in [5, 5.41) is 12.4. The molecule has 7 nitrogen and oxygen atoms in total. The molecule has 0 atom stereocenters. The van der Waals surface area contributed by atoms with Gasteiger partial charge in [-0.15, -0.1) is 0 Å². The molecule has 2 N–H and O–H groups in total. The fraction of sp³-hybridized carbons (Fsp3) is 0.188. The minimum atomic E-state index is -0.678. The standard InChI is InChI=1S/C16H16N2O5/c1-10-12(23-11-6-4-3-5-7-11)8-17-14(15(10)20)16(21)18-9-13(19)22-2/h3-8,20H,9H2,1-2H3,(H,18,21). The molecule has 0 radical (unpaired) electrons. The number of nitrogens with zero attached hydrogens (tertiary/aromatic N) is 1. The summed E-state index contributed by atoms with van der Waals surface area (Å²) in [4.78, 5) is 26.8. The second kappa shape index (κ2) is 7.26. The molecule has 1 aromatic heterocycles. The Morgan fingerprint density at radius 2 is 1.96 bits per heavy atom. The fourth-order valence-electron chi connectivity index (χ4n) is 1.77. The Morgan fingerprint density at radius 1 is 1.26 bits per heavy atom. The van der Waals surface area contributed by atoms with Crippen LogP contribution in [0.5, 0.6) is 17.2 Å². The van der Waals surface area contributed by atoms with Crippen molar-refractivity contribution in [2.75, 3.05) is 13.7 Å². The molecule has 0 aliphatic carbocycles. The number of amides is 1. The zero-order valence-corrected chi connectivity index (χ0v) is 12.7. The van der Waals surface area contributed by atoms with Crippen molar-refractivity contribution in [3.05, 3.63) is 47.8 Å². The molecule has 1 aromatic carbocycles. The first-order valence-electron chi connectivity index (χ1n) is 6.79. The van der Waals surface area contributed by atoms with Gasteiger partial charge in [0.1, 0.15) is 12.3 Å². The molecule has 0 fully saturated rings. The van der Waals surface area contributed by atoms with Crippen molar-refractivity contribution in [1.29, 1.82) is 0 Å². The Morgan fingerprint density at radius 3 is 2.61 bits per heavy atom. The van der Waals surface area contributed by atoms with Gasteiger partial charge in [0.2, 0.25) is 0 Å². The molecular weight excluding hydrogens is 300 g/mol. The van der Waals surface area contributed by atoms with E-state index in [2.05, 4.69) is 15.0 Å². The van der Waals surface area contributed by atoms with Crippen LogP contribution in [0, 0.1) is 6.92 Å². The van der Waals surface area contributed by atoms with Crippen molar-refractivity contribution < 1.29 is 24.2 Å². The second-order valence-corrected chi connectivity index (χ2v) is 4.62. The molecule has 0 saturated heterocycles. The number of nitrogens with one attached hydrogen (secondary N) is 1. The highest BCUT2D eigenvalue weighted by atomic mass is 16.5. The normalized spacial score (nSPS) is 10.0. The lowest BCUT2D eigenvalue weighted by atomic mass is 10.2. The lowest BCUT2D eigenvalue weighted by molar-refractivity contribution is -0.139. The summed E-state index contributed by atoms with van der Waals surface area (Å²) in [6.45, 7) is 1.30. The molecule has 120 valence electrons. The van der Waals surface area contributed by atoms with E-state index in [4.69, 9.17) is 4.74 Å². The molecule has 0 aliphatic heterocycles. The van der Waals surface area contributed by atoms with Crippen LogP contribution in [0.15, 0.2) is 36.5 Å². The van der Waals surface area contributed by atoms with Crippen molar-refractivity contribution in [3.8, 4) is 17.2 Å². The molecular formula is C16H16N2O5. The average molecular weight is 316 g/mol. The Balaban J connectivity index is 2.17. The summed E-state index contributed by atoms with van der Waals surface area (Å²) in [6, 6.07) is 8.99. The van der Waals surface area contributed by atoms with Gasteiger partial charge in [0.05, 0.1) is 13.3 Å². The third-order valence-corrected chi connectivity index (χ3v) is 3.07. The molecule has 2 rings (SSSR count). The molecule has 0 aliphatic rings. The number of rotatable bonds is 5. The number of para-hydroxylation sites is 1. The van der Waals surface area contributed by atoms with Crippen molar-refractivity contribution in [3.63, 3.8) is 0 Å². The zero-order chi connectivity index (χ0) is 16.8. The maximum atomic E-state index is 11.9. The Bertz CT molecular complexity index is 716. The van der Waals surface area contributed by atoms with Crippen molar-refractivity contribution in [2.24, 2.45) is 0 Å². The Kier molecular flexibility index (Phi) is 5.14. The number of benzene rings is 1. The number of carbonyl (C=O) groups excluding carboxylic acids is 2. The highest BCUT2D eigenvalue weighted by Gasteiger charge is 2.18. The number of hydrogen-bond acceptors (Lipinski definition) is 6. The van der Waals surface area contributed by atoms with Gasteiger partial charge in [0, 0.05) is 5.56 Å². The van der Waals surface area contributed by atoms with Crippen LogP contribution in [0.1, 0.15) is 16.1 Å². The summed E-state index contributed by atoms with van der Waals surface area (Å²) in [5.74, 6) is -0.667. The number of hydrogen-bond donors (Lipinski definition) is 2. The highest BCUT2D eigenvalue weighted by Crippen LogP contribution is 2.31. The van der Waals surface area contributed by atoms with Crippen molar-refractivity contribution in [2.45, 2.75) is 6.92 Å². The number of carbonyl (C=O) groups is 2. The average Bonchev–Trinajstić information content (AvgIpc) is 2.57. The molecule has 23 heavy (non-hydrogen) atoms. The monoisotopic (exact) mass is 316 g/mol. The number of pyridine rings is 1. The van der Waals surface area contributed by atoms with Gasteiger partial charge in [0.25, 0.3) is 5.91 Å². The van der Waals surface area contributed by atoms with Crippen LogP contribution in [0.2, 0.25) is 0 Å². The van der Waals surface area contributed by atoms with Crippen LogP contribution < -0.4 is 10.1 Å². The third kappa shape index (κ3) is 3.97. The molecule has 0 saturated carbocycles. The second-order valence-electron chi connectivity index (χ2n) is 4.62. The van der Waals surface area contributed by atoms with E-state index in [0.717, 1.165) is 0 Å². The van der Waals surface area contributed by atoms with Gasteiger partial charge in [-0.25, -0.2) is 4.98 Å². The van der Waals surface area contributed by atoms with E-state index in [-0.39, 0.29) is 18.0 Å². The van der Waals surface area contributed by atoms with Crippen LogP contribution in [-0.2, 0) is 9.53 Å². The van der Waals surface area contributed by atoms with Gasteiger partial charge in [-0.05, 0) is 19.1 Å². The van der Waals surface area contributed by atoms with Crippen molar-refractivity contribution >= 4 is 11.9 Å². The smallest absolute Gasteiger partial charge is 0.325 e. The van der Waals surface area contributed by atoms with E-state index in [1.807, 2.05) is 18.2 Å². The van der Waals surface area contributed by atoms with E-state index < -0.39 is 11.9 Å². The molecule has 0 bridgehead atoms. The van der Waals surface area contributed by atoms with Gasteiger partial charge >= 0.3 is 5.97 Å². The van der Waals surface area contributed by atoms with Gasteiger partial charge in [-0.2, -0.15) is 0 Å². The van der Waals surface area contributed by atoms with E-state index in [1.165, 1.54) is 13.3 Å². The molecule has 1 heterocycles. The SMILES string of the molecule is COC(=O)CNC(=O)c1ncc(Oc2ccccc2)c(C)c1O. The number of esters is 1. The largest absolute Gasteiger partial charge is 0.505 e. The number of methoxy groups -OCH3 is 1. The van der Waals surface area contributed by atoms with Gasteiger partial charge in [0.15, 0.2) is 17.2 Å². The molecule has 1 amide bonds. The summed E-state index contributed by atoms with van der Waals surface area (Å²) in [6.07, 6.45) is 1.34. The Labute approximate surface area is 132 Å². The topological polar surface area (TPSA) is 97.8 Å². The zero-order valence-electron chi connectivity index (χ0n) is 12.7. The number of aromatic hydroxyl groups is 1. The van der Waals surface area contributed by atoms with Crippen LogP contribution >= 0.6 is 0 Å². The minimum absolute atomic E-state index is 0.188. The van der Waals surface area contributed by atoms with E-state index in [9.17, 15) is 14.7 Å². The van der Waals surface area contributed by atoms with E-state index in [0.29, 0.717) is 17.1 Å². The highest BCUT2D eigenvalue weighted by molar-refractivity contribution is 5.97. The molecule has 0 unspecified atom stereocenters. The minimum Gasteiger partial charge on any atom is -0.505 e. The summed E-state index contributed by atoms with van der Waals surface area (Å²) >= 11 is 0. The summed E-state index contributed by atoms with van der Waals surface area (Å²) in [7, 11) is 1.21. The van der Waals surface area contributed by atoms with Crippen molar-refractivity contribution in [1.82, 2.24) is 10.3 Å². The number of ether oxygens (including phenoxy) is 2. The van der Waals surface area contributed by atoms with Crippen LogP contribution in [0.4, 0.5) is 0 Å². The van der Waals surface area contributed by atoms with Gasteiger partial charge in [-0.1, -0.05) is 18.2 Å². The quantitative estimate of drug-likeness (QED) is 0.816. The molecule has 0 spiro atoms.